The fourth-order valence-electron chi connectivity index (χ4n) is 1.78. The quantitative estimate of drug-likeness (QED) is 0.416. The number of benzene rings is 1. The highest BCUT2D eigenvalue weighted by molar-refractivity contribution is 14.0. The van der Waals surface area contributed by atoms with Crippen LogP contribution in [0, 0.1) is 0 Å². The largest absolute Gasteiger partial charge is 0.497 e. The van der Waals surface area contributed by atoms with Gasteiger partial charge in [-0.3, -0.25) is 4.99 Å². The van der Waals surface area contributed by atoms with Crippen molar-refractivity contribution in [2.45, 2.75) is 39.7 Å². The van der Waals surface area contributed by atoms with Crippen LogP contribution in [0.5, 0.6) is 5.75 Å². The second-order valence-electron chi connectivity index (χ2n) is 4.82. The Labute approximate surface area is 145 Å². The molecule has 1 aromatic rings. The first kappa shape index (κ1) is 20.0. The van der Waals surface area contributed by atoms with Crippen LogP contribution >= 0.6 is 24.0 Å². The second kappa shape index (κ2) is 11.7. The molecule has 120 valence electrons. The second-order valence-corrected chi connectivity index (χ2v) is 4.82. The number of aliphatic imine (C=N–C) groups is 1. The molecular formula is C16H28IN3O. The number of hydrogen-bond acceptors (Lipinski definition) is 2. The predicted molar refractivity (Wildman–Crippen MR) is 101 cm³/mol. The third kappa shape index (κ3) is 8.14. The van der Waals surface area contributed by atoms with Gasteiger partial charge in [-0.1, -0.05) is 19.1 Å². The van der Waals surface area contributed by atoms with Gasteiger partial charge in [0.05, 0.1) is 7.11 Å². The minimum atomic E-state index is 0. The van der Waals surface area contributed by atoms with Gasteiger partial charge in [0.2, 0.25) is 0 Å². The summed E-state index contributed by atoms with van der Waals surface area (Å²) in [7, 11) is 1.69. The summed E-state index contributed by atoms with van der Waals surface area (Å²) in [4.78, 5) is 4.61. The number of halogens is 1. The highest BCUT2D eigenvalue weighted by Crippen LogP contribution is 2.12. The van der Waals surface area contributed by atoms with Gasteiger partial charge < -0.3 is 15.4 Å². The van der Waals surface area contributed by atoms with Crippen LogP contribution in [0.3, 0.4) is 0 Å². The molecule has 0 heterocycles. The summed E-state index contributed by atoms with van der Waals surface area (Å²) in [6, 6.07) is 8.57. The van der Waals surface area contributed by atoms with E-state index in [4.69, 9.17) is 4.74 Å². The van der Waals surface area contributed by atoms with Crippen molar-refractivity contribution >= 4 is 29.9 Å². The maximum Gasteiger partial charge on any atom is 0.191 e. The molecule has 0 bridgehead atoms. The zero-order chi connectivity index (χ0) is 14.8. The van der Waals surface area contributed by atoms with E-state index in [0.29, 0.717) is 6.04 Å². The van der Waals surface area contributed by atoms with Crippen molar-refractivity contribution in [2.24, 2.45) is 4.99 Å². The van der Waals surface area contributed by atoms with Crippen molar-refractivity contribution in [3.05, 3.63) is 29.8 Å². The van der Waals surface area contributed by atoms with Gasteiger partial charge in [0.1, 0.15) is 5.75 Å². The molecule has 0 amide bonds. The van der Waals surface area contributed by atoms with E-state index in [0.717, 1.165) is 37.6 Å². The van der Waals surface area contributed by atoms with Gasteiger partial charge in [0.25, 0.3) is 0 Å². The van der Waals surface area contributed by atoms with Crippen LogP contribution in [-0.4, -0.2) is 32.2 Å². The molecule has 4 nitrogen and oxygen atoms in total. The fraction of sp³-hybridized carbons (Fsp3) is 0.562. The van der Waals surface area contributed by atoms with Crippen molar-refractivity contribution in [1.82, 2.24) is 10.6 Å². The Morgan fingerprint density at radius 2 is 2.10 bits per heavy atom. The van der Waals surface area contributed by atoms with E-state index in [9.17, 15) is 0 Å². The first-order chi connectivity index (χ1) is 9.69. The zero-order valence-electron chi connectivity index (χ0n) is 13.5. The third-order valence-corrected chi connectivity index (χ3v) is 3.14. The lowest BCUT2D eigenvalue weighted by molar-refractivity contribution is 0.414. The molecule has 1 aromatic carbocycles. The van der Waals surface area contributed by atoms with E-state index in [1.165, 1.54) is 5.56 Å². The Bertz CT molecular complexity index is 424. The smallest absolute Gasteiger partial charge is 0.191 e. The molecule has 1 atom stereocenters. The molecule has 0 aliphatic carbocycles. The Morgan fingerprint density at radius 3 is 2.71 bits per heavy atom. The number of nitrogens with one attached hydrogen (secondary N) is 2. The standard InChI is InChI=1S/C16H27N3O.HI/c1-5-13(3)19-16(17-6-2)18-11-10-14-8-7-9-15(12-14)20-4;/h7-9,12-13H,5-6,10-11H2,1-4H3,(H2,17,18,19);1H. The lowest BCUT2D eigenvalue weighted by Gasteiger charge is -2.16. The van der Waals surface area contributed by atoms with Crippen molar-refractivity contribution < 1.29 is 4.74 Å². The van der Waals surface area contributed by atoms with Gasteiger partial charge in [-0.15, -0.1) is 24.0 Å². The topological polar surface area (TPSA) is 45.7 Å². The number of guanidine groups is 1. The molecule has 5 heteroatoms. The summed E-state index contributed by atoms with van der Waals surface area (Å²) >= 11 is 0. The first-order valence-corrected chi connectivity index (χ1v) is 7.37. The number of ether oxygens (including phenoxy) is 1. The van der Waals surface area contributed by atoms with Crippen molar-refractivity contribution in [3.63, 3.8) is 0 Å². The molecule has 0 saturated carbocycles. The molecule has 0 aliphatic heterocycles. The molecule has 0 aliphatic rings. The van der Waals surface area contributed by atoms with E-state index in [1.807, 2.05) is 12.1 Å². The summed E-state index contributed by atoms with van der Waals surface area (Å²) in [6.07, 6.45) is 1.99. The average molecular weight is 405 g/mol. The van der Waals surface area contributed by atoms with Gasteiger partial charge in [-0.25, -0.2) is 0 Å². The van der Waals surface area contributed by atoms with Crippen LogP contribution in [0.4, 0.5) is 0 Å². The fourth-order valence-corrected chi connectivity index (χ4v) is 1.78. The summed E-state index contributed by atoms with van der Waals surface area (Å²) in [5, 5.41) is 6.66. The van der Waals surface area contributed by atoms with Crippen LogP contribution in [0.2, 0.25) is 0 Å². The molecule has 1 unspecified atom stereocenters. The SMILES string of the molecule is CCNC(=NCCc1cccc(OC)c1)NC(C)CC.I. The minimum absolute atomic E-state index is 0. The minimum Gasteiger partial charge on any atom is -0.497 e. The molecule has 0 saturated heterocycles. The summed E-state index contributed by atoms with van der Waals surface area (Å²) in [5.74, 6) is 1.79. The van der Waals surface area contributed by atoms with Crippen molar-refractivity contribution in [2.75, 3.05) is 20.2 Å². The van der Waals surface area contributed by atoms with E-state index in [-0.39, 0.29) is 24.0 Å². The van der Waals surface area contributed by atoms with E-state index in [1.54, 1.807) is 7.11 Å². The van der Waals surface area contributed by atoms with E-state index < -0.39 is 0 Å². The molecule has 2 N–H and O–H groups in total. The number of methoxy groups -OCH3 is 1. The average Bonchev–Trinajstić information content (AvgIpc) is 2.47. The number of rotatable bonds is 7. The van der Waals surface area contributed by atoms with Crippen LogP contribution < -0.4 is 15.4 Å². The monoisotopic (exact) mass is 405 g/mol. The first-order valence-electron chi connectivity index (χ1n) is 7.37. The Morgan fingerprint density at radius 1 is 1.33 bits per heavy atom. The number of nitrogens with zero attached hydrogens (tertiary/aromatic N) is 1. The molecule has 21 heavy (non-hydrogen) atoms. The molecule has 0 spiro atoms. The van der Waals surface area contributed by atoms with Crippen molar-refractivity contribution in [1.29, 1.82) is 0 Å². The van der Waals surface area contributed by atoms with Gasteiger partial charge in [0.15, 0.2) is 5.96 Å². The lowest BCUT2D eigenvalue weighted by Crippen LogP contribution is -2.42. The van der Waals surface area contributed by atoms with E-state index >= 15 is 0 Å². The molecule has 1 rings (SSSR count). The van der Waals surface area contributed by atoms with Gasteiger partial charge in [-0.2, -0.15) is 0 Å². The molecule has 0 radical (unpaired) electrons. The van der Waals surface area contributed by atoms with Crippen LogP contribution in [0.25, 0.3) is 0 Å². The van der Waals surface area contributed by atoms with Crippen LogP contribution in [0.1, 0.15) is 32.8 Å². The van der Waals surface area contributed by atoms with Crippen molar-refractivity contribution in [3.8, 4) is 5.75 Å². The van der Waals surface area contributed by atoms with Crippen LogP contribution in [0.15, 0.2) is 29.3 Å². The molecule has 0 fully saturated rings. The van der Waals surface area contributed by atoms with Crippen LogP contribution in [-0.2, 0) is 6.42 Å². The van der Waals surface area contributed by atoms with Gasteiger partial charge >= 0.3 is 0 Å². The van der Waals surface area contributed by atoms with E-state index in [2.05, 4.69) is 48.5 Å². The van der Waals surface area contributed by atoms with Gasteiger partial charge in [0, 0.05) is 19.1 Å². The zero-order valence-corrected chi connectivity index (χ0v) is 15.8. The maximum atomic E-state index is 5.23. The summed E-state index contributed by atoms with van der Waals surface area (Å²) in [5.41, 5.74) is 1.24. The Balaban J connectivity index is 0.00000400. The molecule has 0 aromatic heterocycles. The summed E-state index contributed by atoms with van der Waals surface area (Å²) in [6.45, 7) is 8.04. The highest BCUT2D eigenvalue weighted by Gasteiger charge is 2.02. The Hall–Kier alpha value is -0.980. The number of hydrogen-bond donors (Lipinski definition) is 2. The summed E-state index contributed by atoms with van der Waals surface area (Å²) < 4.78 is 5.23. The maximum absolute atomic E-state index is 5.23. The van der Waals surface area contributed by atoms with Gasteiger partial charge in [-0.05, 0) is 44.4 Å². The lowest BCUT2D eigenvalue weighted by atomic mass is 10.1. The normalized spacial score (nSPS) is 12.3. The third-order valence-electron chi connectivity index (χ3n) is 3.14. The highest BCUT2D eigenvalue weighted by atomic mass is 127. The molecular weight excluding hydrogens is 377 g/mol. The predicted octanol–water partition coefficient (Wildman–Crippen LogP) is 3.21. The Kier molecular flexibility index (Phi) is 11.1.